The molecule has 6 aromatic rings. The van der Waals surface area contributed by atoms with E-state index in [4.69, 9.17) is 4.55 Å². The summed E-state index contributed by atoms with van der Waals surface area (Å²) >= 11 is 0. The zero-order valence-corrected chi connectivity index (χ0v) is 30.6. The summed E-state index contributed by atoms with van der Waals surface area (Å²) in [6.07, 6.45) is 3.81. The maximum Gasteiger partial charge on any atom is 0.270 e. The number of nitrogens with one attached hydrogen (secondary N) is 2. The Bertz CT molecular complexity index is 2680. The van der Waals surface area contributed by atoms with E-state index in [9.17, 15) is 47.8 Å². The highest BCUT2D eigenvalue weighted by Crippen LogP contribution is 2.39. The highest BCUT2D eigenvalue weighted by Gasteiger charge is 2.36. The van der Waals surface area contributed by atoms with E-state index < -0.39 is 43.6 Å². The summed E-state index contributed by atoms with van der Waals surface area (Å²) in [4.78, 5) is 87.2. The first kappa shape index (κ1) is 38.4. The van der Waals surface area contributed by atoms with Crippen LogP contribution in [0.15, 0.2) is 73.1 Å². The van der Waals surface area contributed by atoms with Gasteiger partial charge in [-0.1, -0.05) is 12.1 Å². The number of nitro benzene ring substituents is 2. The van der Waals surface area contributed by atoms with E-state index in [1.54, 1.807) is 48.8 Å². The van der Waals surface area contributed by atoms with E-state index in [2.05, 4.69) is 20.6 Å². The fourth-order valence-electron chi connectivity index (χ4n) is 7.05. The summed E-state index contributed by atoms with van der Waals surface area (Å²) in [7, 11) is -3.67. The maximum atomic E-state index is 13.6. The number of carbonyl (C=O) groups is 4. The number of amides is 4. The van der Waals surface area contributed by atoms with Crippen LogP contribution >= 0.6 is 0 Å². The van der Waals surface area contributed by atoms with Crippen LogP contribution in [0.25, 0.3) is 43.4 Å². The minimum absolute atomic E-state index is 0.00441. The van der Waals surface area contributed by atoms with Crippen LogP contribution in [0.1, 0.15) is 41.4 Å². The van der Waals surface area contributed by atoms with Crippen molar-refractivity contribution in [3.63, 3.8) is 0 Å². The van der Waals surface area contributed by atoms with Gasteiger partial charge in [-0.15, -0.1) is 0 Å². The number of carbonyl (C=O) groups excluding carboxylic acids is 4. The molecule has 0 unspecified atom stereocenters. The molecule has 4 amide bonds. The molecule has 4 heterocycles. The lowest BCUT2D eigenvalue weighted by atomic mass is 9.91. The Labute approximate surface area is 321 Å². The Hall–Kier alpha value is -6.87. The van der Waals surface area contributed by atoms with E-state index in [-0.39, 0.29) is 59.8 Å². The van der Waals surface area contributed by atoms with Crippen molar-refractivity contribution in [2.24, 2.45) is 0 Å². The van der Waals surface area contributed by atoms with Gasteiger partial charge >= 0.3 is 0 Å². The summed E-state index contributed by atoms with van der Waals surface area (Å²) in [6, 6.07) is 15.3. The third-order valence-electron chi connectivity index (χ3n) is 9.40. The molecular formula is C37H30N8O11S. The van der Waals surface area contributed by atoms with Crippen LogP contribution in [0, 0.1) is 20.2 Å². The van der Waals surface area contributed by atoms with Gasteiger partial charge in [0.2, 0.25) is 0 Å². The van der Waals surface area contributed by atoms with Gasteiger partial charge in [0.15, 0.2) is 0 Å². The number of non-ortho nitro benzene ring substituents is 2. The standard InChI is InChI=1S/C36H26N8O8.CH4O3S/c45-33-25-13-19-3-1-5-39-31(19)23-15-21(43(49)50)17-27(29(23)25)35(47)41(33)11-9-37-7-8-38-10-12-42-34(46)26-14-20-4-2-6-40-32(20)24-16-22(44(51)52)18-28(30(24)26)36(42)48;1-5(2,3)4/h1-6,13-18,37-38H,7-12H2;1H3,(H,2,3,4). The minimum atomic E-state index is -3.67. The number of benzene rings is 4. The third kappa shape index (κ3) is 7.32. The van der Waals surface area contributed by atoms with Crippen LogP contribution in [-0.2, 0) is 10.1 Å². The molecule has 3 N–H and O–H groups in total. The van der Waals surface area contributed by atoms with Crippen molar-refractivity contribution in [2.75, 3.05) is 45.5 Å². The van der Waals surface area contributed by atoms with Gasteiger partial charge < -0.3 is 10.6 Å². The number of hydrogen-bond acceptors (Lipinski definition) is 14. The molecule has 0 atom stereocenters. The average Bonchev–Trinajstić information content (AvgIpc) is 3.17. The first-order valence-electron chi connectivity index (χ1n) is 17.2. The molecule has 0 saturated carbocycles. The summed E-state index contributed by atoms with van der Waals surface area (Å²) in [5.74, 6) is -2.29. The molecule has 290 valence electrons. The van der Waals surface area contributed by atoms with Crippen LogP contribution in [0.3, 0.4) is 0 Å². The van der Waals surface area contributed by atoms with E-state index in [0.717, 1.165) is 9.80 Å². The number of nitro groups is 2. The van der Waals surface area contributed by atoms with Gasteiger partial charge in [0.1, 0.15) is 0 Å². The normalized spacial score (nSPS) is 13.8. The second-order valence-corrected chi connectivity index (χ2v) is 14.6. The molecule has 0 radical (unpaired) electrons. The van der Waals surface area contributed by atoms with E-state index in [0.29, 0.717) is 62.7 Å². The molecule has 0 bridgehead atoms. The lowest BCUT2D eigenvalue weighted by molar-refractivity contribution is -0.384. The van der Waals surface area contributed by atoms with Gasteiger partial charge in [-0.3, -0.25) is 63.7 Å². The molecular weight excluding hydrogens is 765 g/mol. The molecule has 8 rings (SSSR count). The molecule has 57 heavy (non-hydrogen) atoms. The van der Waals surface area contributed by atoms with Crippen LogP contribution < -0.4 is 10.6 Å². The number of hydrogen-bond donors (Lipinski definition) is 3. The fraction of sp³-hybridized carbons (Fsp3) is 0.189. The molecule has 2 aliphatic heterocycles. The van der Waals surface area contributed by atoms with Crippen molar-refractivity contribution in [1.29, 1.82) is 0 Å². The highest BCUT2D eigenvalue weighted by molar-refractivity contribution is 7.85. The van der Waals surface area contributed by atoms with Crippen LogP contribution in [-0.4, -0.2) is 112 Å². The second-order valence-electron chi connectivity index (χ2n) is 13.1. The quantitative estimate of drug-likeness (QED) is 0.0423. The number of rotatable bonds is 11. The smallest absolute Gasteiger partial charge is 0.270 e. The Balaban J connectivity index is 0.000000935. The van der Waals surface area contributed by atoms with E-state index in [1.165, 1.54) is 24.3 Å². The lowest BCUT2D eigenvalue weighted by Crippen LogP contribution is -2.45. The Morgan fingerprint density at radius 3 is 1.33 bits per heavy atom. The van der Waals surface area contributed by atoms with E-state index >= 15 is 0 Å². The van der Waals surface area contributed by atoms with Crippen molar-refractivity contribution in [2.45, 2.75) is 0 Å². The number of fused-ring (bicyclic) bond motifs is 4. The number of pyridine rings is 2. The monoisotopic (exact) mass is 794 g/mol. The van der Waals surface area contributed by atoms with Crippen LogP contribution in [0.4, 0.5) is 11.4 Å². The van der Waals surface area contributed by atoms with Gasteiger partial charge in [0.25, 0.3) is 45.1 Å². The lowest BCUT2D eigenvalue weighted by Gasteiger charge is -2.28. The molecule has 0 saturated heterocycles. The SMILES string of the molecule is CS(=O)(=O)O.O=C1c2cc([N+](=O)[O-])cc3c2c(cc2cccnc23)C(=O)N1CCNCCNCCN1C(=O)c2cc([N+](=O)[O-])cc3c2c(cc2cccnc23)C1=O. The minimum Gasteiger partial charge on any atom is -0.314 e. The van der Waals surface area contributed by atoms with Gasteiger partial charge in [-0.25, -0.2) is 0 Å². The predicted octanol–water partition coefficient (Wildman–Crippen LogP) is 3.48. The van der Waals surface area contributed by atoms with Crippen molar-refractivity contribution in [3.8, 4) is 0 Å². The fourth-order valence-corrected chi connectivity index (χ4v) is 7.05. The molecule has 19 nitrogen and oxygen atoms in total. The summed E-state index contributed by atoms with van der Waals surface area (Å²) < 4.78 is 25.9. The zero-order valence-electron chi connectivity index (χ0n) is 29.8. The molecule has 2 aromatic heterocycles. The van der Waals surface area contributed by atoms with Crippen molar-refractivity contribution >= 4 is 88.5 Å². The first-order valence-corrected chi connectivity index (χ1v) is 19.0. The summed E-state index contributed by atoms with van der Waals surface area (Å²) in [5, 5.41) is 32.4. The third-order valence-corrected chi connectivity index (χ3v) is 9.40. The number of nitrogens with zero attached hydrogens (tertiary/aromatic N) is 6. The van der Waals surface area contributed by atoms with Crippen LogP contribution in [0.5, 0.6) is 0 Å². The Morgan fingerprint density at radius 1 is 0.632 bits per heavy atom. The molecule has 2 aliphatic rings. The average molecular weight is 795 g/mol. The topological polar surface area (TPSA) is 265 Å². The number of aromatic nitrogens is 2. The second kappa shape index (κ2) is 15.0. The number of imide groups is 2. The predicted molar refractivity (Wildman–Crippen MR) is 206 cm³/mol. The molecule has 0 fully saturated rings. The Kier molecular flexibility index (Phi) is 10.1. The van der Waals surface area contributed by atoms with Gasteiger partial charge in [0, 0.05) is 119 Å². The zero-order chi connectivity index (χ0) is 40.8. The maximum absolute atomic E-state index is 13.6. The Morgan fingerprint density at radius 2 is 0.982 bits per heavy atom. The molecule has 0 aliphatic carbocycles. The van der Waals surface area contributed by atoms with Crippen molar-refractivity contribution < 1.29 is 42.0 Å². The first-order chi connectivity index (χ1) is 27.1. The largest absolute Gasteiger partial charge is 0.314 e. The van der Waals surface area contributed by atoms with Gasteiger partial charge in [0.05, 0.1) is 38.3 Å². The van der Waals surface area contributed by atoms with Crippen molar-refractivity contribution in [1.82, 2.24) is 30.4 Å². The van der Waals surface area contributed by atoms with E-state index in [1.807, 2.05) is 0 Å². The summed E-state index contributed by atoms with van der Waals surface area (Å²) in [6.45, 7) is 1.27. The van der Waals surface area contributed by atoms with Crippen LogP contribution in [0.2, 0.25) is 0 Å². The molecule has 4 aromatic carbocycles. The van der Waals surface area contributed by atoms with Gasteiger partial charge in [-0.2, -0.15) is 8.42 Å². The molecule has 0 spiro atoms. The van der Waals surface area contributed by atoms with Gasteiger partial charge in [-0.05, 0) is 24.3 Å². The summed E-state index contributed by atoms with van der Waals surface area (Å²) in [5.41, 5.74) is 1.02. The van der Waals surface area contributed by atoms with Crippen molar-refractivity contribution in [3.05, 3.63) is 116 Å². The highest BCUT2D eigenvalue weighted by atomic mass is 32.2. The molecule has 20 heteroatoms.